The minimum Gasteiger partial charge on any atom is -0.495 e. The maximum absolute atomic E-state index is 13.2. The van der Waals surface area contributed by atoms with Crippen LogP contribution in [-0.2, 0) is 9.53 Å². The third kappa shape index (κ3) is 4.34. The zero-order valence-electron chi connectivity index (χ0n) is 18.4. The molecule has 8 heteroatoms. The second-order valence-electron chi connectivity index (χ2n) is 7.84. The number of carbonyl (C=O) groups excluding carboxylic acids is 1. The number of nitrogens with zero attached hydrogens (tertiary/aromatic N) is 4. The van der Waals surface area contributed by atoms with E-state index in [1.54, 1.807) is 30.5 Å². The smallest absolute Gasteiger partial charge is 0.289 e. The van der Waals surface area contributed by atoms with Crippen molar-refractivity contribution >= 4 is 12.0 Å². The third-order valence-corrected chi connectivity index (χ3v) is 5.45. The number of benzene rings is 1. The molecule has 1 saturated heterocycles. The number of hydrogen-bond donors (Lipinski definition) is 0. The fraction of sp³-hybridized carbons (Fsp3) is 0.292. The zero-order chi connectivity index (χ0) is 22.8. The Labute approximate surface area is 186 Å². The van der Waals surface area contributed by atoms with Gasteiger partial charge in [0, 0.05) is 12.4 Å². The van der Waals surface area contributed by atoms with E-state index in [1.807, 2.05) is 49.7 Å². The summed E-state index contributed by atoms with van der Waals surface area (Å²) >= 11 is 0. The van der Waals surface area contributed by atoms with E-state index in [1.165, 1.54) is 12.3 Å². The van der Waals surface area contributed by atoms with Gasteiger partial charge in [-0.05, 0) is 56.2 Å². The van der Waals surface area contributed by atoms with E-state index in [4.69, 9.17) is 9.47 Å². The number of aryl methyl sites for hydroxylation is 1. The van der Waals surface area contributed by atoms with E-state index in [9.17, 15) is 9.18 Å². The van der Waals surface area contributed by atoms with Crippen molar-refractivity contribution in [3.63, 3.8) is 0 Å². The second kappa shape index (κ2) is 8.82. The van der Waals surface area contributed by atoms with Crippen molar-refractivity contribution in [2.75, 3.05) is 13.7 Å². The lowest BCUT2D eigenvalue weighted by Crippen LogP contribution is -2.45. The Morgan fingerprint density at radius 3 is 2.75 bits per heavy atom. The summed E-state index contributed by atoms with van der Waals surface area (Å²) < 4.78 is 26.5. The lowest BCUT2D eigenvalue weighted by Gasteiger charge is -2.37. The van der Waals surface area contributed by atoms with Gasteiger partial charge in [0.15, 0.2) is 5.76 Å². The first-order chi connectivity index (χ1) is 15.4. The molecule has 1 aromatic carbocycles. The number of halogens is 1. The van der Waals surface area contributed by atoms with E-state index in [-0.39, 0.29) is 23.8 Å². The highest BCUT2D eigenvalue weighted by molar-refractivity contribution is 5.96. The lowest BCUT2D eigenvalue weighted by molar-refractivity contribution is -0.141. The first-order valence-corrected chi connectivity index (χ1v) is 10.4. The third-order valence-electron chi connectivity index (χ3n) is 5.45. The molecule has 4 rings (SSSR count). The molecule has 0 spiro atoms. The highest BCUT2D eigenvalue weighted by Crippen LogP contribution is 2.30. The average Bonchev–Trinajstić information content (AvgIpc) is 3.22. The number of amides is 1. The molecule has 1 fully saturated rings. The first kappa shape index (κ1) is 21.5. The van der Waals surface area contributed by atoms with Crippen LogP contribution in [0.3, 0.4) is 0 Å². The van der Waals surface area contributed by atoms with Crippen LogP contribution in [0.5, 0.6) is 5.75 Å². The Bertz CT molecular complexity index is 1160. The van der Waals surface area contributed by atoms with Crippen LogP contribution in [0.1, 0.15) is 36.7 Å². The predicted molar refractivity (Wildman–Crippen MR) is 118 cm³/mol. The Hall–Kier alpha value is -3.68. The maximum atomic E-state index is 13.2. The summed E-state index contributed by atoms with van der Waals surface area (Å²) in [5.41, 5.74) is 3.28. The van der Waals surface area contributed by atoms with Gasteiger partial charge in [0.25, 0.3) is 5.91 Å². The molecule has 7 nitrogen and oxygen atoms in total. The van der Waals surface area contributed by atoms with E-state index >= 15 is 0 Å². The molecular formula is C24H25FN4O3. The molecule has 1 aliphatic rings. The minimum atomic E-state index is -0.550. The summed E-state index contributed by atoms with van der Waals surface area (Å²) in [6.07, 6.45) is 6.62. The molecule has 1 aliphatic heterocycles. The number of imidazole rings is 1. The number of aromatic nitrogens is 3. The Morgan fingerprint density at radius 2 is 2.09 bits per heavy atom. The molecule has 166 valence electrons. The molecule has 0 radical (unpaired) electrons. The fourth-order valence-corrected chi connectivity index (χ4v) is 3.75. The summed E-state index contributed by atoms with van der Waals surface area (Å²) in [6, 6.07) is 8.33. The normalized spacial score (nSPS) is 18.5. The number of rotatable bonds is 5. The van der Waals surface area contributed by atoms with Gasteiger partial charge in [0.2, 0.25) is 5.95 Å². The molecule has 0 bridgehead atoms. The van der Waals surface area contributed by atoms with Crippen molar-refractivity contribution < 1.29 is 18.7 Å². The van der Waals surface area contributed by atoms with Crippen molar-refractivity contribution in [1.82, 2.24) is 19.4 Å². The topological polar surface area (TPSA) is 69.5 Å². The number of hydrogen-bond acceptors (Lipinski definition) is 5. The quantitative estimate of drug-likeness (QED) is 0.445. The molecule has 2 atom stereocenters. The standard InChI is InChI=1S/C24H25FN4O3/c1-15-12-28(14-27-15)20-7-5-18(9-21(20)31-4)10-22-24(30)29(13-16(2)32-22)17(3)19-6-8-23(25)26-11-19/h5-12,14,16-17H,13H2,1-4H3/t16-,17+/m0/s1. The molecule has 1 amide bonds. The molecule has 0 N–H and O–H groups in total. The van der Waals surface area contributed by atoms with Crippen LogP contribution in [0.2, 0.25) is 0 Å². The van der Waals surface area contributed by atoms with Crippen LogP contribution < -0.4 is 4.74 Å². The Kier molecular flexibility index (Phi) is 5.94. The second-order valence-corrected chi connectivity index (χ2v) is 7.84. The van der Waals surface area contributed by atoms with Crippen LogP contribution in [-0.4, -0.2) is 45.1 Å². The molecule has 0 unspecified atom stereocenters. The SMILES string of the molecule is COc1cc(C=C2O[C@@H](C)CN([C@H](C)c3ccc(F)nc3)C2=O)ccc1-n1cnc(C)c1. The number of methoxy groups -OCH3 is 1. The monoisotopic (exact) mass is 436 g/mol. The van der Waals surface area contributed by atoms with Crippen molar-refractivity contribution in [2.24, 2.45) is 0 Å². The van der Waals surface area contributed by atoms with Gasteiger partial charge in [-0.15, -0.1) is 0 Å². The van der Waals surface area contributed by atoms with E-state index in [0.29, 0.717) is 12.3 Å². The predicted octanol–water partition coefficient (Wildman–Crippen LogP) is 4.07. The summed E-state index contributed by atoms with van der Waals surface area (Å²) in [6.45, 7) is 6.15. The van der Waals surface area contributed by atoms with Crippen molar-refractivity contribution in [2.45, 2.75) is 32.9 Å². The molecule has 32 heavy (non-hydrogen) atoms. The molecule has 3 heterocycles. The van der Waals surface area contributed by atoms with Gasteiger partial charge in [0.05, 0.1) is 37.4 Å². The van der Waals surface area contributed by atoms with Crippen molar-refractivity contribution in [1.29, 1.82) is 0 Å². The van der Waals surface area contributed by atoms with E-state index in [0.717, 1.165) is 22.5 Å². The van der Waals surface area contributed by atoms with Gasteiger partial charge in [0.1, 0.15) is 11.9 Å². The van der Waals surface area contributed by atoms with Crippen LogP contribution in [0.4, 0.5) is 4.39 Å². The van der Waals surface area contributed by atoms with Crippen LogP contribution in [0.15, 0.2) is 54.8 Å². The number of carbonyl (C=O) groups is 1. The summed E-state index contributed by atoms with van der Waals surface area (Å²) in [5, 5.41) is 0. The van der Waals surface area contributed by atoms with Gasteiger partial charge in [-0.25, -0.2) is 9.97 Å². The van der Waals surface area contributed by atoms with Gasteiger partial charge < -0.3 is 18.9 Å². The fourth-order valence-electron chi connectivity index (χ4n) is 3.75. The van der Waals surface area contributed by atoms with Crippen LogP contribution >= 0.6 is 0 Å². The Morgan fingerprint density at radius 1 is 1.28 bits per heavy atom. The van der Waals surface area contributed by atoms with Crippen molar-refractivity contribution in [3.05, 3.63) is 77.6 Å². The lowest BCUT2D eigenvalue weighted by atomic mass is 10.1. The van der Waals surface area contributed by atoms with Gasteiger partial charge in [-0.2, -0.15) is 4.39 Å². The number of morpholine rings is 1. The highest BCUT2D eigenvalue weighted by atomic mass is 19.1. The highest BCUT2D eigenvalue weighted by Gasteiger charge is 2.33. The van der Waals surface area contributed by atoms with Gasteiger partial charge in [-0.1, -0.05) is 12.1 Å². The van der Waals surface area contributed by atoms with Crippen molar-refractivity contribution in [3.8, 4) is 11.4 Å². The summed E-state index contributed by atoms with van der Waals surface area (Å²) in [4.78, 5) is 22.9. The minimum absolute atomic E-state index is 0.190. The molecule has 0 saturated carbocycles. The molecule has 2 aromatic heterocycles. The maximum Gasteiger partial charge on any atom is 0.289 e. The molecule has 0 aliphatic carbocycles. The largest absolute Gasteiger partial charge is 0.495 e. The number of ether oxygens (including phenoxy) is 2. The first-order valence-electron chi connectivity index (χ1n) is 10.4. The molecular weight excluding hydrogens is 411 g/mol. The Balaban J connectivity index is 1.62. The number of pyridine rings is 1. The van der Waals surface area contributed by atoms with Gasteiger partial charge >= 0.3 is 0 Å². The van der Waals surface area contributed by atoms with E-state index in [2.05, 4.69) is 9.97 Å². The summed E-state index contributed by atoms with van der Waals surface area (Å²) in [7, 11) is 1.60. The van der Waals surface area contributed by atoms with E-state index < -0.39 is 5.95 Å². The zero-order valence-corrected chi connectivity index (χ0v) is 18.4. The van der Waals surface area contributed by atoms with Crippen LogP contribution in [0, 0.1) is 12.9 Å². The molecule has 3 aromatic rings. The van der Waals surface area contributed by atoms with Gasteiger partial charge in [-0.3, -0.25) is 4.79 Å². The van der Waals surface area contributed by atoms with Crippen LogP contribution in [0.25, 0.3) is 11.8 Å². The average molecular weight is 436 g/mol. The summed E-state index contributed by atoms with van der Waals surface area (Å²) in [5.74, 6) is 0.120.